The molecule has 2 aromatic rings. The van der Waals surface area contributed by atoms with E-state index in [1.54, 1.807) is 6.07 Å². The zero-order valence-corrected chi connectivity index (χ0v) is 10.2. The van der Waals surface area contributed by atoms with Crippen LogP contribution in [0.15, 0.2) is 54.7 Å². The fraction of sp³-hybridized carbons (Fsp3) is 0.0714. The van der Waals surface area contributed by atoms with Gasteiger partial charge in [0.25, 0.3) is 5.69 Å². The second-order valence-electron chi connectivity index (χ2n) is 3.85. The number of nitro groups is 1. The van der Waals surface area contributed by atoms with E-state index >= 15 is 0 Å². The maximum atomic E-state index is 10.5. The van der Waals surface area contributed by atoms with Crippen LogP contribution >= 0.6 is 0 Å². The van der Waals surface area contributed by atoms with E-state index in [0.29, 0.717) is 12.4 Å². The van der Waals surface area contributed by atoms with Gasteiger partial charge >= 0.3 is 0 Å². The van der Waals surface area contributed by atoms with Gasteiger partial charge in [0.05, 0.1) is 4.92 Å². The van der Waals surface area contributed by atoms with Crippen molar-refractivity contribution in [1.82, 2.24) is 4.98 Å². The molecule has 1 aromatic heterocycles. The van der Waals surface area contributed by atoms with Gasteiger partial charge in [-0.25, -0.2) is 4.98 Å². The molecule has 0 saturated carbocycles. The molecule has 0 radical (unpaired) electrons. The molecule has 0 amide bonds. The molecule has 0 unspecified atom stereocenters. The van der Waals surface area contributed by atoms with Crippen molar-refractivity contribution in [3.8, 4) is 0 Å². The maximum absolute atomic E-state index is 10.5. The van der Waals surface area contributed by atoms with Crippen LogP contribution in [0.4, 0.5) is 11.5 Å². The third-order valence-electron chi connectivity index (χ3n) is 2.47. The summed E-state index contributed by atoms with van der Waals surface area (Å²) in [5, 5.41) is 13.5. The second kappa shape index (κ2) is 6.30. The summed E-state index contributed by atoms with van der Waals surface area (Å²) < 4.78 is 0. The molecule has 0 aliphatic carbocycles. The van der Waals surface area contributed by atoms with Gasteiger partial charge < -0.3 is 5.32 Å². The van der Waals surface area contributed by atoms with Crippen LogP contribution in [0.1, 0.15) is 5.56 Å². The van der Waals surface area contributed by atoms with Crippen molar-refractivity contribution in [2.24, 2.45) is 0 Å². The van der Waals surface area contributed by atoms with Gasteiger partial charge in [-0.1, -0.05) is 42.5 Å². The smallest absolute Gasteiger partial charge is 0.287 e. The van der Waals surface area contributed by atoms with Gasteiger partial charge in [0.2, 0.25) is 0 Å². The van der Waals surface area contributed by atoms with Crippen LogP contribution < -0.4 is 5.32 Å². The average Bonchev–Trinajstić information content (AvgIpc) is 2.45. The molecule has 0 atom stereocenters. The molecular weight excluding hydrogens is 242 g/mol. The number of nitrogens with one attached hydrogen (secondary N) is 1. The maximum Gasteiger partial charge on any atom is 0.287 e. The van der Waals surface area contributed by atoms with E-state index < -0.39 is 4.92 Å². The summed E-state index contributed by atoms with van der Waals surface area (Å²) in [6.07, 6.45) is 5.21. The quantitative estimate of drug-likeness (QED) is 0.658. The lowest BCUT2D eigenvalue weighted by Crippen LogP contribution is -2.00. The van der Waals surface area contributed by atoms with E-state index in [4.69, 9.17) is 0 Å². The number of rotatable bonds is 5. The molecule has 1 heterocycles. The monoisotopic (exact) mass is 255 g/mol. The fourth-order valence-electron chi connectivity index (χ4n) is 1.52. The number of anilines is 1. The van der Waals surface area contributed by atoms with Crippen molar-refractivity contribution in [2.75, 3.05) is 11.9 Å². The normalized spacial score (nSPS) is 10.5. The predicted molar refractivity (Wildman–Crippen MR) is 74.9 cm³/mol. The molecule has 5 nitrogen and oxygen atoms in total. The number of nitrogens with zero attached hydrogens (tertiary/aromatic N) is 2. The lowest BCUT2D eigenvalue weighted by molar-refractivity contribution is -0.385. The molecule has 2 rings (SSSR count). The van der Waals surface area contributed by atoms with Crippen LogP contribution in [0.25, 0.3) is 6.08 Å². The van der Waals surface area contributed by atoms with Crippen LogP contribution in [-0.2, 0) is 0 Å². The standard InChI is InChI=1S/C14H13N3O2/c18-17(19)13-8-9-14(16-11-13)15-10-4-7-12-5-2-1-3-6-12/h1-9,11H,10H2,(H,15,16)/b7-4+. The van der Waals surface area contributed by atoms with E-state index in [9.17, 15) is 10.1 Å². The average molecular weight is 255 g/mol. The summed E-state index contributed by atoms with van der Waals surface area (Å²) in [6.45, 7) is 0.611. The van der Waals surface area contributed by atoms with E-state index in [1.165, 1.54) is 12.3 Å². The van der Waals surface area contributed by atoms with Gasteiger partial charge in [-0.05, 0) is 11.6 Å². The van der Waals surface area contributed by atoms with Crippen LogP contribution in [0.5, 0.6) is 0 Å². The molecule has 0 aliphatic heterocycles. The Kier molecular flexibility index (Phi) is 4.23. The summed E-state index contributed by atoms with van der Waals surface area (Å²) in [7, 11) is 0. The molecule has 0 fully saturated rings. The predicted octanol–water partition coefficient (Wildman–Crippen LogP) is 3.12. The van der Waals surface area contributed by atoms with E-state index in [2.05, 4.69) is 10.3 Å². The highest BCUT2D eigenvalue weighted by atomic mass is 16.6. The topological polar surface area (TPSA) is 68.1 Å². The van der Waals surface area contributed by atoms with Gasteiger partial charge in [-0.15, -0.1) is 0 Å². The Morgan fingerprint density at radius 1 is 1.21 bits per heavy atom. The van der Waals surface area contributed by atoms with E-state index in [1.807, 2.05) is 42.5 Å². The first kappa shape index (κ1) is 12.8. The molecule has 1 aromatic carbocycles. The molecule has 0 saturated heterocycles. The van der Waals surface area contributed by atoms with E-state index in [-0.39, 0.29) is 5.69 Å². The van der Waals surface area contributed by atoms with Crippen molar-refractivity contribution in [3.63, 3.8) is 0 Å². The Hall–Kier alpha value is -2.69. The third kappa shape index (κ3) is 3.92. The van der Waals surface area contributed by atoms with E-state index in [0.717, 1.165) is 5.56 Å². The number of hydrogen-bond acceptors (Lipinski definition) is 4. The Morgan fingerprint density at radius 2 is 2.00 bits per heavy atom. The highest BCUT2D eigenvalue weighted by Gasteiger charge is 2.03. The van der Waals surface area contributed by atoms with Gasteiger partial charge in [0.15, 0.2) is 0 Å². The molecule has 0 bridgehead atoms. The number of aromatic nitrogens is 1. The lowest BCUT2D eigenvalue weighted by atomic mass is 10.2. The minimum Gasteiger partial charge on any atom is -0.367 e. The second-order valence-corrected chi connectivity index (χ2v) is 3.85. The highest BCUT2D eigenvalue weighted by Crippen LogP contribution is 2.11. The van der Waals surface area contributed by atoms with Gasteiger partial charge in [-0.3, -0.25) is 10.1 Å². The summed E-state index contributed by atoms with van der Waals surface area (Å²) in [4.78, 5) is 14.0. The third-order valence-corrected chi connectivity index (χ3v) is 2.47. The summed E-state index contributed by atoms with van der Waals surface area (Å²) >= 11 is 0. The molecule has 5 heteroatoms. The lowest BCUT2D eigenvalue weighted by Gasteiger charge is -2.01. The van der Waals surface area contributed by atoms with Crippen molar-refractivity contribution in [1.29, 1.82) is 0 Å². The van der Waals surface area contributed by atoms with Crippen molar-refractivity contribution in [3.05, 3.63) is 70.4 Å². The van der Waals surface area contributed by atoms with Crippen molar-refractivity contribution >= 4 is 17.6 Å². The minimum absolute atomic E-state index is 0.00891. The first-order valence-electron chi connectivity index (χ1n) is 5.81. The van der Waals surface area contributed by atoms with Crippen LogP contribution in [0, 0.1) is 10.1 Å². The summed E-state index contributed by atoms with van der Waals surface area (Å²) in [5.74, 6) is 0.614. The molecule has 96 valence electrons. The molecule has 0 spiro atoms. The van der Waals surface area contributed by atoms with Gasteiger partial charge in [-0.2, -0.15) is 0 Å². The van der Waals surface area contributed by atoms with Crippen LogP contribution in [-0.4, -0.2) is 16.5 Å². The number of hydrogen-bond donors (Lipinski definition) is 1. The van der Waals surface area contributed by atoms with Crippen LogP contribution in [0.3, 0.4) is 0 Å². The Morgan fingerprint density at radius 3 is 2.63 bits per heavy atom. The van der Waals surface area contributed by atoms with Gasteiger partial charge in [0, 0.05) is 12.6 Å². The zero-order chi connectivity index (χ0) is 13.5. The highest BCUT2D eigenvalue weighted by molar-refractivity contribution is 5.50. The molecule has 1 N–H and O–H groups in total. The molecule has 0 aliphatic rings. The zero-order valence-electron chi connectivity index (χ0n) is 10.2. The largest absolute Gasteiger partial charge is 0.367 e. The van der Waals surface area contributed by atoms with Crippen molar-refractivity contribution in [2.45, 2.75) is 0 Å². The fourth-order valence-corrected chi connectivity index (χ4v) is 1.52. The summed E-state index contributed by atoms with van der Waals surface area (Å²) in [5.41, 5.74) is 1.12. The van der Waals surface area contributed by atoms with Gasteiger partial charge in [0.1, 0.15) is 12.0 Å². The SMILES string of the molecule is O=[N+]([O-])c1ccc(NC/C=C/c2ccccc2)nc1. The van der Waals surface area contributed by atoms with Crippen LogP contribution in [0.2, 0.25) is 0 Å². The first-order valence-corrected chi connectivity index (χ1v) is 5.81. The Bertz CT molecular complexity index is 565. The Balaban J connectivity index is 1.86. The molecule has 19 heavy (non-hydrogen) atoms. The summed E-state index contributed by atoms with van der Waals surface area (Å²) in [6, 6.07) is 13.0. The number of pyridine rings is 1. The molecular formula is C14H13N3O2. The van der Waals surface area contributed by atoms with Crippen molar-refractivity contribution < 1.29 is 4.92 Å². The number of benzene rings is 1. The first-order chi connectivity index (χ1) is 9.25. The Labute approximate surface area is 110 Å². The minimum atomic E-state index is -0.466.